The summed E-state index contributed by atoms with van der Waals surface area (Å²) >= 11 is 0. The highest BCUT2D eigenvalue weighted by Crippen LogP contribution is 2.23. The number of hydrogen-bond donors (Lipinski definition) is 1. The summed E-state index contributed by atoms with van der Waals surface area (Å²) in [6.45, 7) is 11.0. The number of carbonyl (C=O) groups excluding carboxylic acids is 2. The van der Waals surface area contributed by atoms with E-state index < -0.39 is 0 Å². The Labute approximate surface area is 214 Å². The molecule has 1 unspecified atom stereocenters. The molecule has 2 aliphatic rings. The highest BCUT2D eigenvalue weighted by Gasteiger charge is 2.28. The zero-order valence-electron chi connectivity index (χ0n) is 21.7. The molecule has 8 nitrogen and oxygen atoms in total. The minimum atomic E-state index is -0.240. The predicted octanol–water partition coefficient (Wildman–Crippen LogP) is 4.34. The summed E-state index contributed by atoms with van der Waals surface area (Å²) in [6.07, 6.45) is 5.63. The van der Waals surface area contributed by atoms with Crippen molar-refractivity contribution >= 4 is 17.6 Å². The minimum Gasteiger partial charge on any atom is -0.459 e. The van der Waals surface area contributed by atoms with Gasteiger partial charge >= 0.3 is 6.03 Å². The fourth-order valence-electron chi connectivity index (χ4n) is 5.22. The van der Waals surface area contributed by atoms with E-state index in [1.165, 1.54) is 11.8 Å². The number of anilines is 1. The molecule has 1 atom stereocenters. The normalized spacial score (nSPS) is 17.9. The lowest BCUT2D eigenvalue weighted by Gasteiger charge is -2.39. The maximum Gasteiger partial charge on any atom is 0.320 e. The van der Waals surface area contributed by atoms with E-state index in [1.54, 1.807) is 12.1 Å². The third-order valence-corrected chi connectivity index (χ3v) is 7.25. The molecule has 4 rings (SSSR count). The van der Waals surface area contributed by atoms with E-state index in [9.17, 15) is 9.59 Å². The minimum absolute atomic E-state index is 0.176. The molecule has 8 heteroatoms. The van der Waals surface area contributed by atoms with E-state index in [0.29, 0.717) is 44.0 Å². The first-order chi connectivity index (χ1) is 17.5. The number of benzene rings is 1. The van der Waals surface area contributed by atoms with Crippen molar-refractivity contribution in [1.82, 2.24) is 14.7 Å². The summed E-state index contributed by atoms with van der Waals surface area (Å²) in [5.41, 5.74) is 1.98. The van der Waals surface area contributed by atoms with E-state index in [0.717, 1.165) is 57.5 Å². The largest absolute Gasteiger partial charge is 0.459 e. The van der Waals surface area contributed by atoms with Crippen molar-refractivity contribution in [2.24, 2.45) is 5.92 Å². The monoisotopic (exact) mass is 496 g/mol. The highest BCUT2D eigenvalue weighted by atomic mass is 16.5. The molecule has 196 valence electrons. The second-order valence-corrected chi connectivity index (χ2v) is 9.99. The van der Waals surface area contributed by atoms with Crippen LogP contribution < -0.4 is 5.32 Å². The van der Waals surface area contributed by atoms with Crippen LogP contribution in [0.1, 0.15) is 49.2 Å². The zero-order valence-corrected chi connectivity index (χ0v) is 21.7. The van der Waals surface area contributed by atoms with Crippen LogP contribution in [0.15, 0.2) is 47.1 Å². The molecule has 0 spiro atoms. The molecular formula is C28H40N4O4. The summed E-state index contributed by atoms with van der Waals surface area (Å²) < 4.78 is 10.6. The van der Waals surface area contributed by atoms with Gasteiger partial charge in [-0.05, 0) is 74.9 Å². The third kappa shape index (κ3) is 7.11. The van der Waals surface area contributed by atoms with Crippen molar-refractivity contribution in [2.45, 2.75) is 45.6 Å². The van der Waals surface area contributed by atoms with Gasteiger partial charge in [-0.1, -0.05) is 19.1 Å². The number of piperidine rings is 1. The molecule has 2 aliphatic heterocycles. The summed E-state index contributed by atoms with van der Waals surface area (Å²) in [5.74, 6) is 0.670. The van der Waals surface area contributed by atoms with Crippen LogP contribution in [-0.4, -0.2) is 85.2 Å². The first-order valence-electron chi connectivity index (χ1n) is 13.3. The number of carbonyl (C=O) groups is 2. The average Bonchev–Trinajstić information content (AvgIpc) is 3.45. The fourth-order valence-corrected chi connectivity index (χ4v) is 5.22. The Hall–Kier alpha value is -2.84. The Balaban J connectivity index is 1.28. The number of nitrogens with zero attached hydrogens (tertiary/aromatic N) is 3. The lowest BCUT2D eigenvalue weighted by molar-refractivity contribution is 0.0386. The Bertz CT molecular complexity index is 966. The summed E-state index contributed by atoms with van der Waals surface area (Å²) in [7, 11) is 0. The van der Waals surface area contributed by atoms with Gasteiger partial charge in [-0.25, -0.2) is 4.79 Å². The maximum absolute atomic E-state index is 12.8. The van der Waals surface area contributed by atoms with Gasteiger partial charge < -0.3 is 29.2 Å². The maximum atomic E-state index is 12.8. The van der Waals surface area contributed by atoms with Gasteiger partial charge in [0, 0.05) is 44.5 Å². The smallest absolute Gasteiger partial charge is 0.320 e. The molecule has 1 N–H and O–H groups in total. The fraction of sp³-hybridized carbons (Fsp3) is 0.571. The molecule has 0 radical (unpaired) electrons. The quantitative estimate of drug-likeness (QED) is 0.559. The van der Waals surface area contributed by atoms with Crippen LogP contribution in [0.25, 0.3) is 0 Å². The van der Waals surface area contributed by atoms with E-state index in [1.807, 2.05) is 21.9 Å². The van der Waals surface area contributed by atoms with E-state index in [-0.39, 0.29) is 11.9 Å². The first-order valence-corrected chi connectivity index (χ1v) is 13.3. The number of hydrogen-bond acceptors (Lipinski definition) is 5. The summed E-state index contributed by atoms with van der Waals surface area (Å²) in [5, 5.41) is 2.93. The van der Waals surface area contributed by atoms with Crippen molar-refractivity contribution in [3.05, 3.63) is 54.0 Å². The second-order valence-electron chi connectivity index (χ2n) is 9.99. The Morgan fingerprint density at radius 1 is 1.08 bits per heavy atom. The number of likely N-dealkylation sites (tertiary alicyclic amines) is 1. The van der Waals surface area contributed by atoms with Gasteiger partial charge in [-0.2, -0.15) is 0 Å². The van der Waals surface area contributed by atoms with Crippen molar-refractivity contribution < 1.29 is 18.7 Å². The number of urea groups is 1. The van der Waals surface area contributed by atoms with Crippen LogP contribution >= 0.6 is 0 Å². The molecule has 0 saturated carbocycles. The van der Waals surface area contributed by atoms with Crippen LogP contribution in [0.2, 0.25) is 0 Å². The Kier molecular flexibility index (Phi) is 9.41. The first kappa shape index (κ1) is 26.2. The van der Waals surface area contributed by atoms with Crippen molar-refractivity contribution in [3.63, 3.8) is 0 Å². The molecule has 3 amide bonds. The van der Waals surface area contributed by atoms with Gasteiger partial charge in [0.05, 0.1) is 19.5 Å². The predicted molar refractivity (Wildman–Crippen MR) is 140 cm³/mol. The standard InChI is InChI=1S/C28H40N4O4/c1-3-11-32(21-23-9-12-30(13-10-23)28(34)31-14-17-35-18-15-31)22(2)19-24-6-4-7-25(20-24)29-27(33)26-8-5-16-36-26/h4-8,16,20,22-23H,3,9-15,17-19,21H2,1-2H3,(H,29,33). The van der Waals surface area contributed by atoms with E-state index in [4.69, 9.17) is 9.15 Å². The van der Waals surface area contributed by atoms with Crippen LogP contribution in [0.5, 0.6) is 0 Å². The summed E-state index contributed by atoms with van der Waals surface area (Å²) in [6, 6.07) is 12.0. The molecule has 2 fully saturated rings. The van der Waals surface area contributed by atoms with E-state index in [2.05, 4.69) is 36.2 Å². The number of nitrogens with one attached hydrogen (secondary N) is 1. The molecular weight excluding hydrogens is 456 g/mol. The van der Waals surface area contributed by atoms with Crippen molar-refractivity contribution in [3.8, 4) is 0 Å². The van der Waals surface area contributed by atoms with Crippen molar-refractivity contribution in [1.29, 1.82) is 0 Å². The molecule has 0 aliphatic carbocycles. The number of morpholine rings is 1. The Morgan fingerprint density at radius 2 is 1.83 bits per heavy atom. The molecule has 2 aromatic rings. The van der Waals surface area contributed by atoms with Crippen LogP contribution in [-0.2, 0) is 11.2 Å². The molecule has 2 saturated heterocycles. The van der Waals surface area contributed by atoms with Crippen LogP contribution in [0.3, 0.4) is 0 Å². The second kappa shape index (κ2) is 12.9. The number of ether oxygens (including phenoxy) is 1. The highest BCUT2D eigenvalue weighted by molar-refractivity contribution is 6.02. The number of furan rings is 1. The van der Waals surface area contributed by atoms with Crippen LogP contribution in [0.4, 0.5) is 10.5 Å². The Morgan fingerprint density at radius 3 is 2.53 bits per heavy atom. The third-order valence-electron chi connectivity index (χ3n) is 7.25. The molecule has 36 heavy (non-hydrogen) atoms. The lowest BCUT2D eigenvalue weighted by Crippen LogP contribution is -2.51. The SMILES string of the molecule is CCCN(CC1CCN(C(=O)N2CCOCC2)CC1)C(C)Cc1cccc(NC(=O)c2ccco2)c1. The molecule has 3 heterocycles. The van der Waals surface area contributed by atoms with Gasteiger partial charge in [0.2, 0.25) is 0 Å². The van der Waals surface area contributed by atoms with Gasteiger partial charge in [-0.15, -0.1) is 0 Å². The van der Waals surface area contributed by atoms with Crippen molar-refractivity contribution in [2.75, 3.05) is 57.8 Å². The van der Waals surface area contributed by atoms with Gasteiger partial charge in [-0.3, -0.25) is 4.79 Å². The van der Waals surface area contributed by atoms with Crippen LogP contribution in [0, 0.1) is 5.92 Å². The number of amides is 3. The number of rotatable bonds is 9. The lowest BCUT2D eigenvalue weighted by atomic mass is 9.95. The van der Waals surface area contributed by atoms with Gasteiger partial charge in [0.1, 0.15) is 0 Å². The molecule has 0 bridgehead atoms. The average molecular weight is 497 g/mol. The van der Waals surface area contributed by atoms with Gasteiger partial charge in [0.15, 0.2) is 5.76 Å². The molecule has 1 aromatic heterocycles. The topological polar surface area (TPSA) is 78.3 Å². The zero-order chi connectivity index (χ0) is 25.3. The molecule has 1 aromatic carbocycles. The summed E-state index contributed by atoms with van der Waals surface area (Å²) in [4.78, 5) is 31.7. The van der Waals surface area contributed by atoms with Gasteiger partial charge in [0.25, 0.3) is 5.91 Å². The van der Waals surface area contributed by atoms with E-state index >= 15 is 0 Å².